The normalized spacial score (nSPS) is 16.9. The summed E-state index contributed by atoms with van der Waals surface area (Å²) < 4.78 is 0. The first kappa shape index (κ1) is 22.0. The fourth-order valence-electron chi connectivity index (χ4n) is 4.23. The van der Waals surface area contributed by atoms with Gasteiger partial charge in [0.1, 0.15) is 6.07 Å². The van der Waals surface area contributed by atoms with Crippen LogP contribution < -0.4 is 5.32 Å². The number of nitriles is 1. The molecule has 0 radical (unpaired) electrons. The lowest BCUT2D eigenvalue weighted by molar-refractivity contribution is -0.116. The molecule has 0 spiro atoms. The third kappa shape index (κ3) is 6.41. The Bertz CT molecular complexity index is 846. The van der Waals surface area contributed by atoms with Crippen molar-refractivity contribution < 1.29 is 4.79 Å². The molecule has 1 heterocycles. The lowest BCUT2D eigenvalue weighted by Crippen LogP contribution is -2.48. The molecule has 0 bridgehead atoms. The molecule has 5 nitrogen and oxygen atoms in total. The van der Waals surface area contributed by atoms with Crippen LogP contribution >= 0.6 is 0 Å². The molecule has 3 rings (SSSR count). The first-order chi connectivity index (χ1) is 14.7. The fraction of sp³-hybridized carbons (Fsp3) is 0.440. The van der Waals surface area contributed by atoms with Crippen LogP contribution in [0.4, 0.5) is 5.69 Å². The third-order valence-corrected chi connectivity index (χ3v) is 5.70. The summed E-state index contributed by atoms with van der Waals surface area (Å²) in [5.41, 5.74) is 2.45. The van der Waals surface area contributed by atoms with E-state index in [2.05, 4.69) is 58.4 Å². The van der Waals surface area contributed by atoms with E-state index in [1.807, 2.05) is 12.1 Å². The number of amides is 1. The van der Waals surface area contributed by atoms with Crippen LogP contribution in [0, 0.1) is 11.3 Å². The van der Waals surface area contributed by atoms with E-state index in [0.29, 0.717) is 23.7 Å². The van der Waals surface area contributed by atoms with Crippen LogP contribution in [0.25, 0.3) is 0 Å². The van der Waals surface area contributed by atoms with E-state index in [1.54, 1.807) is 12.1 Å². The molecule has 1 aliphatic rings. The maximum atomic E-state index is 12.5. The Morgan fingerprint density at radius 1 is 1.17 bits per heavy atom. The number of likely N-dealkylation sites (tertiary alicyclic amines) is 1. The van der Waals surface area contributed by atoms with E-state index in [0.717, 1.165) is 39.1 Å². The Morgan fingerprint density at radius 2 is 1.93 bits per heavy atom. The lowest BCUT2D eigenvalue weighted by atomic mass is 10.0. The van der Waals surface area contributed by atoms with Gasteiger partial charge in [-0.3, -0.25) is 14.6 Å². The van der Waals surface area contributed by atoms with E-state index in [9.17, 15) is 10.1 Å². The van der Waals surface area contributed by atoms with Gasteiger partial charge >= 0.3 is 0 Å². The maximum Gasteiger partial charge on any atom is 0.225 e. The van der Waals surface area contributed by atoms with Crippen molar-refractivity contribution >= 4 is 11.6 Å². The first-order valence-corrected chi connectivity index (χ1v) is 11.0. The number of carbonyl (C=O) groups is 1. The summed E-state index contributed by atoms with van der Waals surface area (Å²) in [6.45, 7) is 7.12. The molecule has 1 fully saturated rings. The van der Waals surface area contributed by atoms with Gasteiger partial charge in [-0.05, 0) is 50.0 Å². The minimum atomic E-state index is -0.0317. The molecule has 1 atom stereocenters. The summed E-state index contributed by atoms with van der Waals surface area (Å²) >= 11 is 0. The predicted molar refractivity (Wildman–Crippen MR) is 121 cm³/mol. The molecule has 1 amide bonds. The van der Waals surface area contributed by atoms with E-state index in [-0.39, 0.29) is 5.91 Å². The molecule has 1 aliphatic heterocycles. The molecular formula is C25H32N4O. The zero-order chi connectivity index (χ0) is 21.2. The Morgan fingerprint density at radius 3 is 2.70 bits per heavy atom. The van der Waals surface area contributed by atoms with Gasteiger partial charge in [-0.2, -0.15) is 5.26 Å². The van der Waals surface area contributed by atoms with Gasteiger partial charge < -0.3 is 5.32 Å². The molecule has 5 heteroatoms. The molecule has 158 valence electrons. The van der Waals surface area contributed by atoms with Crippen LogP contribution in [0.1, 0.15) is 43.7 Å². The Labute approximate surface area is 180 Å². The van der Waals surface area contributed by atoms with Gasteiger partial charge in [0.15, 0.2) is 0 Å². The van der Waals surface area contributed by atoms with Crippen molar-refractivity contribution in [1.82, 2.24) is 9.80 Å². The average Bonchev–Trinajstić information content (AvgIpc) is 2.78. The molecule has 1 saturated heterocycles. The van der Waals surface area contributed by atoms with Crippen molar-refractivity contribution in [2.24, 2.45) is 0 Å². The number of piperidine rings is 1. The number of hydrogen-bond acceptors (Lipinski definition) is 4. The van der Waals surface area contributed by atoms with Gasteiger partial charge in [0, 0.05) is 32.1 Å². The zero-order valence-electron chi connectivity index (χ0n) is 17.9. The quantitative estimate of drug-likeness (QED) is 0.678. The summed E-state index contributed by atoms with van der Waals surface area (Å²) in [5, 5.41) is 12.1. The van der Waals surface area contributed by atoms with Crippen LogP contribution in [0.3, 0.4) is 0 Å². The molecule has 1 N–H and O–H groups in total. The second kappa shape index (κ2) is 11.5. The topological polar surface area (TPSA) is 59.4 Å². The van der Waals surface area contributed by atoms with Gasteiger partial charge in [-0.1, -0.05) is 49.4 Å². The number of rotatable bonds is 9. The molecular weight excluding hydrogens is 372 g/mol. The monoisotopic (exact) mass is 404 g/mol. The smallest absolute Gasteiger partial charge is 0.225 e. The Kier molecular flexibility index (Phi) is 8.43. The SMILES string of the molecule is CCCN(CCC(=O)Nc1ccccc1C#N)C1CCCN(Cc2ccccc2)C1. The van der Waals surface area contributed by atoms with E-state index in [1.165, 1.54) is 18.4 Å². The minimum Gasteiger partial charge on any atom is -0.325 e. The zero-order valence-corrected chi connectivity index (χ0v) is 17.9. The van der Waals surface area contributed by atoms with Crippen LogP contribution in [0.15, 0.2) is 54.6 Å². The summed E-state index contributed by atoms with van der Waals surface area (Å²) in [6, 6.07) is 20.4. The summed E-state index contributed by atoms with van der Waals surface area (Å²) in [7, 11) is 0. The number of carbonyl (C=O) groups excluding carboxylic acids is 1. The molecule has 0 saturated carbocycles. The van der Waals surface area contributed by atoms with Crippen LogP contribution in [-0.4, -0.2) is 47.9 Å². The Balaban J connectivity index is 1.54. The standard InChI is InChI=1S/C25H32N4O/c1-2-15-29(17-14-25(30)27-24-13-7-6-11-22(24)18-26)23-12-8-16-28(20-23)19-21-9-4-3-5-10-21/h3-7,9-11,13,23H,2,8,12,14-17,19-20H2,1H3,(H,27,30). The van der Waals surface area contributed by atoms with Crippen molar-refractivity contribution in [2.45, 2.75) is 45.2 Å². The van der Waals surface area contributed by atoms with Gasteiger partial charge in [0.2, 0.25) is 5.91 Å². The number of para-hydroxylation sites is 1. The van der Waals surface area contributed by atoms with Crippen molar-refractivity contribution in [3.05, 3.63) is 65.7 Å². The second-order valence-corrected chi connectivity index (χ2v) is 8.01. The van der Waals surface area contributed by atoms with E-state index < -0.39 is 0 Å². The molecule has 2 aromatic rings. The number of nitrogens with one attached hydrogen (secondary N) is 1. The van der Waals surface area contributed by atoms with E-state index in [4.69, 9.17) is 0 Å². The lowest BCUT2D eigenvalue weighted by Gasteiger charge is -2.39. The number of nitrogens with zero attached hydrogens (tertiary/aromatic N) is 3. The Hall–Kier alpha value is -2.68. The summed E-state index contributed by atoms with van der Waals surface area (Å²) in [4.78, 5) is 17.5. The van der Waals surface area contributed by atoms with Crippen LogP contribution in [0.5, 0.6) is 0 Å². The summed E-state index contributed by atoms with van der Waals surface area (Å²) in [5.74, 6) is -0.0317. The number of benzene rings is 2. The van der Waals surface area contributed by atoms with Gasteiger partial charge in [0.05, 0.1) is 11.3 Å². The first-order valence-electron chi connectivity index (χ1n) is 11.0. The highest BCUT2D eigenvalue weighted by atomic mass is 16.1. The largest absolute Gasteiger partial charge is 0.325 e. The number of anilines is 1. The molecule has 2 aromatic carbocycles. The molecule has 30 heavy (non-hydrogen) atoms. The average molecular weight is 405 g/mol. The van der Waals surface area contributed by atoms with Crippen molar-refractivity contribution in [1.29, 1.82) is 5.26 Å². The van der Waals surface area contributed by atoms with Gasteiger partial charge in [-0.25, -0.2) is 0 Å². The third-order valence-electron chi connectivity index (χ3n) is 5.70. The molecule has 0 aliphatic carbocycles. The molecule has 1 unspecified atom stereocenters. The maximum absolute atomic E-state index is 12.5. The second-order valence-electron chi connectivity index (χ2n) is 8.01. The predicted octanol–water partition coefficient (Wildman–Crippen LogP) is 4.26. The highest BCUT2D eigenvalue weighted by Crippen LogP contribution is 2.19. The summed E-state index contributed by atoms with van der Waals surface area (Å²) in [6.07, 6.45) is 3.90. The number of hydrogen-bond donors (Lipinski definition) is 1. The minimum absolute atomic E-state index is 0.0317. The highest BCUT2D eigenvalue weighted by molar-refractivity contribution is 5.92. The fourth-order valence-corrected chi connectivity index (χ4v) is 4.23. The van der Waals surface area contributed by atoms with E-state index >= 15 is 0 Å². The highest BCUT2D eigenvalue weighted by Gasteiger charge is 2.25. The van der Waals surface area contributed by atoms with Crippen molar-refractivity contribution in [3.63, 3.8) is 0 Å². The van der Waals surface area contributed by atoms with Gasteiger partial charge in [0.25, 0.3) is 0 Å². The van der Waals surface area contributed by atoms with Crippen LogP contribution in [0.2, 0.25) is 0 Å². The van der Waals surface area contributed by atoms with Crippen molar-refractivity contribution in [3.8, 4) is 6.07 Å². The van der Waals surface area contributed by atoms with Crippen molar-refractivity contribution in [2.75, 3.05) is 31.5 Å². The van der Waals surface area contributed by atoms with Gasteiger partial charge in [-0.15, -0.1) is 0 Å². The molecule has 0 aromatic heterocycles. The van der Waals surface area contributed by atoms with Crippen LogP contribution in [-0.2, 0) is 11.3 Å².